The second-order valence-corrected chi connectivity index (χ2v) is 4.18. The van der Waals surface area contributed by atoms with Gasteiger partial charge in [-0.2, -0.15) is 0 Å². The predicted octanol–water partition coefficient (Wildman–Crippen LogP) is 2.90. The SMILES string of the molecule is CSc1cc(=O)c2cc(Cl)ccc2[nH]1. The van der Waals surface area contributed by atoms with Gasteiger partial charge in [0.15, 0.2) is 5.43 Å². The number of H-pyrrole nitrogens is 1. The number of aromatic nitrogens is 1. The molecular formula is C10H8ClNOS. The second-order valence-electron chi connectivity index (χ2n) is 2.89. The Hall–Kier alpha value is -0.930. The van der Waals surface area contributed by atoms with E-state index in [0.717, 1.165) is 10.5 Å². The van der Waals surface area contributed by atoms with Crippen LogP contribution in [0.1, 0.15) is 0 Å². The molecule has 72 valence electrons. The Kier molecular flexibility index (Phi) is 2.52. The fourth-order valence-electron chi connectivity index (χ4n) is 1.30. The lowest BCUT2D eigenvalue weighted by molar-refractivity contribution is 1.18. The first-order chi connectivity index (χ1) is 6.70. The minimum atomic E-state index is 0.00519. The molecule has 2 nitrogen and oxygen atoms in total. The minimum Gasteiger partial charge on any atom is -0.350 e. The van der Waals surface area contributed by atoms with Gasteiger partial charge >= 0.3 is 0 Å². The van der Waals surface area contributed by atoms with Gasteiger partial charge in [0.05, 0.1) is 10.5 Å². The zero-order valence-electron chi connectivity index (χ0n) is 7.50. The number of benzene rings is 1. The van der Waals surface area contributed by atoms with Gasteiger partial charge in [0, 0.05) is 16.5 Å². The Morgan fingerprint density at radius 3 is 2.86 bits per heavy atom. The molecule has 0 saturated carbocycles. The first-order valence-corrected chi connectivity index (χ1v) is 5.67. The molecule has 1 heterocycles. The van der Waals surface area contributed by atoms with E-state index in [1.54, 1.807) is 18.2 Å². The summed E-state index contributed by atoms with van der Waals surface area (Å²) in [6, 6.07) is 6.85. The molecule has 14 heavy (non-hydrogen) atoms. The Morgan fingerprint density at radius 1 is 1.36 bits per heavy atom. The molecule has 1 aromatic heterocycles. The van der Waals surface area contributed by atoms with Crippen molar-refractivity contribution < 1.29 is 0 Å². The summed E-state index contributed by atoms with van der Waals surface area (Å²) in [4.78, 5) is 14.8. The van der Waals surface area contributed by atoms with Gasteiger partial charge in [-0.1, -0.05) is 11.6 Å². The van der Waals surface area contributed by atoms with Gasteiger partial charge in [0.25, 0.3) is 0 Å². The van der Waals surface area contributed by atoms with Gasteiger partial charge in [-0.3, -0.25) is 4.79 Å². The number of fused-ring (bicyclic) bond motifs is 1. The molecule has 4 heteroatoms. The van der Waals surface area contributed by atoms with Crippen molar-refractivity contribution in [2.24, 2.45) is 0 Å². The molecule has 0 atom stereocenters. The average Bonchev–Trinajstić information content (AvgIpc) is 2.19. The monoisotopic (exact) mass is 225 g/mol. The normalized spacial score (nSPS) is 10.7. The number of hydrogen-bond donors (Lipinski definition) is 1. The molecule has 1 aromatic carbocycles. The van der Waals surface area contributed by atoms with E-state index in [1.165, 1.54) is 11.8 Å². The molecule has 0 aliphatic carbocycles. The summed E-state index contributed by atoms with van der Waals surface area (Å²) >= 11 is 7.32. The van der Waals surface area contributed by atoms with E-state index in [1.807, 2.05) is 12.3 Å². The lowest BCUT2D eigenvalue weighted by atomic mass is 10.2. The topological polar surface area (TPSA) is 32.9 Å². The van der Waals surface area contributed by atoms with E-state index in [0.29, 0.717) is 10.4 Å². The number of pyridine rings is 1. The molecule has 0 spiro atoms. The van der Waals surface area contributed by atoms with Crippen LogP contribution in [0.3, 0.4) is 0 Å². The van der Waals surface area contributed by atoms with Gasteiger partial charge in [0.1, 0.15) is 0 Å². The summed E-state index contributed by atoms with van der Waals surface area (Å²) in [7, 11) is 0. The van der Waals surface area contributed by atoms with Gasteiger partial charge in [-0.15, -0.1) is 11.8 Å². The van der Waals surface area contributed by atoms with Crippen LogP contribution in [0.25, 0.3) is 10.9 Å². The highest BCUT2D eigenvalue weighted by Crippen LogP contribution is 2.17. The first kappa shape index (κ1) is 9.62. The van der Waals surface area contributed by atoms with E-state index < -0.39 is 0 Å². The van der Waals surface area contributed by atoms with Gasteiger partial charge in [-0.25, -0.2) is 0 Å². The van der Waals surface area contributed by atoms with Crippen molar-refractivity contribution in [1.29, 1.82) is 0 Å². The number of halogens is 1. The summed E-state index contributed by atoms with van der Waals surface area (Å²) in [6.07, 6.45) is 1.92. The Bertz CT molecular complexity index is 535. The number of hydrogen-bond acceptors (Lipinski definition) is 2. The number of thioether (sulfide) groups is 1. The van der Waals surface area contributed by atoms with Crippen LogP contribution in [0.15, 0.2) is 34.1 Å². The van der Waals surface area contributed by atoms with Gasteiger partial charge in [0.2, 0.25) is 0 Å². The molecule has 0 unspecified atom stereocenters. The molecule has 1 N–H and O–H groups in total. The highest BCUT2D eigenvalue weighted by Gasteiger charge is 2.01. The molecule has 0 aliphatic rings. The maximum atomic E-state index is 11.6. The largest absolute Gasteiger partial charge is 0.350 e. The lowest BCUT2D eigenvalue weighted by Crippen LogP contribution is -2.01. The molecule has 0 aliphatic heterocycles. The average molecular weight is 226 g/mol. The number of rotatable bonds is 1. The summed E-state index contributed by atoms with van der Waals surface area (Å²) in [5, 5.41) is 2.08. The van der Waals surface area contributed by atoms with Crippen molar-refractivity contribution in [3.63, 3.8) is 0 Å². The number of nitrogens with one attached hydrogen (secondary N) is 1. The van der Waals surface area contributed by atoms with E-state index >= 15 is 0 Å². The molecule has 0 bridgehead atoms. The van der Waals surface area contributed by atoms with Crippen molar-refractivity contribution >= 4 is 34.3 Å². The zero-order valence-corrected chi connectivity index (χ0v) is 9.08. The van der Waals surface area contributed by atoms with Crippen LogP contribution in [0.2, 0.25) is 5.02 Å². The molecular weight excluding hydrogens is 218 g/mol. The molecule has 0 saturated heterocycles. The third kappa shape index (κ3) is 1.65. The van der Waals surface area contributed by atoms with Crippen LogP contribution >= 0.6 is 23.4 Å². The van der Waals surface area contributed by atoms with Crippen LogP contribution in [0.4, 0.5) is 0 Å². The van der Waals surface area contributed by atoms with Crippen LogP contribution in [0.5, 0.6) is 0 Å². The summed E-state index contributed by atoms with van der Waals surface area (Å²) in [6.45, 7) is 0. The van der Waals surface area contributed by atoms with Crippen molar-refractivity contribution in [2.45, 2.75) is 5.03 Å². The molecule has 0 amide bonds. The van der Waals surface area contributed by atoms with Gasteiger partial charge < -0.3 is 4.98 Å². The van der Waals surface area contributed by atoms with Crippen molar-refractivity contribution in [3.8, 4) is 0 Å². The Balaban J connectivity index is 2.83. The third-order valence-corrected chi connectivity index (χ3v) is 2.88. The first-order valence-electron chi connectivity index (χ1n) is 4.07. The maximum Gasteiger partial charge on any atom is 0.190 e. The standard InChI is InChI=1S/C10H8ClNOS/c1-14-10-5-9(13)7-4-6(11)2-3-8(7)12-10/h2-5H,1H3,(H,12,13). The molecule has 2 rings (SSSR count). The lowest BCUT2D eigenvalue weighted by Gasteiger charge is -2.01. The third-order valence-electron chi connectivity index (χ3n) is 1.99. The summed E-state index contributed by atoms with van der Waals surface area (Å²) in [5.74, 6) is 0. The van der Waals surface area contributed by atoms with E-state index in [9.17, 15) is 4.79 Å². The maximum absolute atomic E-state index is 11.6. The van der Waals surface area contributed by atoms with Crippen molar-refractivity contribution in [2.75, 3.05) is 6.26 Å². The van der Waals surface area contributed by atoms with Crippen molar-refractivity contribution in [1.82, 2.24) is 4.98 Å². The van der Waals surface area contributed by atoms with Gasteiger partial charge in [-0.05, 0) is 24.5 Å². The highest BCUT2D eigenvalue weighted by molar-refractivity contribution is 7.98. The van der Waals surface area contributed by atoms with Crippen LogP contribution in [-0.2, 0) is 0 Å². The number of aromatic amines is 1. The second kappa shape index (κ2) is 3.67. The van der Waals surface area contributed by atoms with Crippen LogP contribution in [-0.4, -0.2) is 11.2 Å². The smallest absolute Gasteiger partial charge is 0.190 e. The highest BCUT2D eigenvalue weighted by atomic mass is 35.5. The zero-order chi connectivity index (χ0) is 10.1. The quantitative estimate of drug-likeness (QED) is 0.757. The molecule has 2 aromatic rings. The van der Waals surface area contributed by atoms with Crippen molar-refractivity contribution in [3.05, 3.63) is 39.5 Å². The van der Waals surface area contributed by atoms with E-state index in [-0.39, 0.29) is 5.43 Å². The minimum absolute atomic E-state index is 0.00519. The molecule has 0 fully saturated rings. The van der Waals surface area contributed by atoms with E-state index in [2.05, 4.69) is 4.98 Å². The molecule has 0 radical (unpaired) electrons. The van der Waals surface area contributed by atoms with Crippen LogP contribution < -0.4 is 5.43 Å². The summed E-state index contributed by atoms with van der Waals surface area (Å²) < 4.78 is 0. The Morgan fingerprint density at radius 2 is 2.14 bits per heavy atom. The Labute approximate surface area is 90.3 Å². The fraction of sp³-hybridized carbons (Fsp3) is 0.100. The fourth-order valence-corrected chi connectivity index (χ4v) is 1.91. The predicted molar refractivity (Wildman–Crippen MR) is 61.4 cm³/mol. The van der Waals surface area contributed by atoms with Crippen LogP contribution in [0, 0.1) is 0 Å². The summed E-state index contributed by atoms with van der Waals surface area (Å²) in [5.41, 5.74) is 0.830. The van der Waals surface area contributed by atoms with E-state index in [4.69, 9.17) is 11.6 Å².